The molecule has 0 heterocycles. The third kappa shape index (κ3) is 3.72. The van der Waals surface area contributed by atoms with Gasteiger partial charge in [-0.1, -0.05) is 11.6 Å². The number of rotatable bonds is 3. The summed E-state index contributed by atoms with van der Waals surface area (Å²) < 4.78 is 43.0. The summed E-state index contributed by atoms with van der Waals surface area (Å²) in [5.74, 6) is -1.44. The van der Waals surface area contributed by atoms with E-state index in [1.54, 1.807) is 0 Å². The molecule has 0 saturated heterocycles. The first-order chi connectivity index (χ1) is 8.95. The quantitative estimate of drug-likeness (QED) is 0.628. The van der Waals surface area contributed by atoms with Crippen LogP contribution in [0.4, 0.5) is 13.2 Å². The van der Waals surface area contributed by atoms with E-state index < -0.39 is 34.1 Å². The largest absolute Gasteiger partial charge is 0.451 e. The van der Waals surface area contributed by atoms with Crippen LogP contribution in [0.1, 0.15) is 36.7 Å². The van der Waals surface area contributed by atoms with E-state index in [1.165, 1.54) is 13.8 Å². The van der Waals surface area contributed by atoms with E-state index in [-0.39, 0.29) is 5.56 Å². The summed E-state index contributed by atoms with van der Waals surface area (Å²) in [6.45, 7) is 3.72. The molecule has 0 bridgehead atoms. The molecular weight excluding hydrogens is 297 g/mol. The predicted molar refractivity (Wildman–Crippen MR) is 66.6 cm³/mol. The Morgan fingerprint density at radius 3 is 2.20 bits per heavy atom. The van der Waals surface area contributed by atoms with Gasteiger partial charge >= 0.3 is 12.1 Å². The van der Waals surface area contributed by atoms with E-state index in [4.69, 9.17) is 16.3 Å². The molecule has 0 N–H and O–H groups in total. The van der Waals surface area contributed by atoms with E-state index in [9.17, 15) is 22.8 Å². The van der Waals surface area contributed by atoms with Crippen LogP contribution in [0.15, 0.2) is 18.2 Å². The summed E-state index contributed by atoms with van der Waals surface area (Å²) in [7, 11) is 0. The lowest BCUT2D eigenvalue weighted by atomic mass is 9.95. The van der Waals surface area contributed by atoms with Crippen molar-refractivity contribution in [2.75, 3.05) is 0 Å². The Labute approximate surface area is 118 Å². The molecule has 0 aliphatic rings. The highest BCUT2D eigenvalue weighted by Crippen LogP contribution is 2.35. The lowest BCUT2D eigenvalue weighted by Crippen LogP contribution is -2.36. The van der Waals surface area contributed by atoms with Crippen molar-refractivity contribution in [1.82, 2.24) is 0 Å². The second-order valence-corrected chi connectivity index (χ2v) is 5.03. The van der Waals surface area contributed by atoms with Gasteiger partial charge in [0.05, 0.1) is 10.6 Å². The first kappa shape index (κ1) is 16.5. The SMILES string of the molecule is CC(=O)OC(C)(C)C(=O)c1ccc(Cl)c(C(F)(F)F)c1. The van der Waals surface area contributed by atoms with Gasteiger partial charge in [-0.3, -0.25) is 9.59 Å². The van der Waals surface area contributed by atoms with Crippen LogP contribution >= 0.6 is 11.6 Å². The summed E-state index contributed by atoms with van der Waals surface area (Å²) in [4.78, 5) is 23.0. The minimum Gasteiger partial charge on any atom is -0.451 e. The van der Waals surface area contributed by atoms with Gasteiger partial charge < -0.3 is 4.74 Å². The molecule has 0 unspecified atom stereocenters. The maximum atomic E-state index is 12.7. The Kier molecular flexibility index (Phi) is 4.49. The van der Waals surface area contributed by atoms with Crippen molar-refractivity contribution >= 4 is 23.4 Å². The van der Waals surface area contributed by atoms with Crippen molar-refractivity contribution in [3.8, 4) is 0 Å². The number of hydrogen-bond donors (Lipinski definition) is 0. The molecule has 0 atom stereocenters. The first-order valence-corrected chi connectivity index (χ1v) is 5.94. The van der Waals surface area contributed by atoms with E-state index in [0.717, 1.165) is 19.1 Å². The molecule has 0 fully saturated rings. The Morgan fingerprint density at radius 1 is 1.20 bits per heavy atom. The maximum Gasteiger partial charge on any atom is 0.417 e. The van der Waals surface area contributed by atoms with Crippen LogP contribution in [0.25, 0.3) is 0 Å². The number of hydrogen-bond acceptors (Lipinski definition) is 3. The third-order valence-electron chi connectivity index (χ3n) is 2.48. The molecule has 1 aromatic rings. The summed E-state index contributed by atoms with van der Waals surface area (Å²) >= 11 is 5.47. The molecule has 1 aromatic carbocycles. The van der Waals surface area contributed by atoms with E-state index in [1.807, 2.05) is 0 Å². The van der Waals surface area contributed by atoms with Crippen molar-refractivity contribution in [3.63, 3.8) is 0 Å². The van der Waals surface area contributed by atoms with Gasteiger partial charge in [0.15, 0.2) is 5.60 Å². The van der Waals surface area contributed by atoms with Gasteiger partial charge in [0.1, 0.15) is 0 Å². The number of Topliss-reactive ketones (excluding diaryl/α,β-unsaturated/α-hetero) is 1. The zero-order valence-corrected chi connectivity index (χ0v) is 11.7. The van der Waals surface area contributed by atoms with Crippen LogP contribution in [0, 0.1) is 0 Å². The van der Waals surface area contributed by atoms with Crippen molar-refractivity contribution in [1.29, 1.82) is 0 Å². The van der Waals surface area contributed by atoms with Gasteiger partial charge in [-0.05, 0) is 32.0 Å². The molecule has 0 aromatic heterocycles. The number of esters is 1. The number of carbonyl (C=O) groups is 2. The second kappa shape index (κ2) is 5.44. The molecule has 0 aliphatic heterocycles. The maximum absolute atomic E-state index is 12.7. The van der Waals surface area contributed by atoms with Crippen LogP contribution in [0.2, 0.25) is 5.02 Å². The average Bonchev–Trinajstić information content (AvgIpc) is 2.25. The Bertz CT molecular complexity index is 550. The summed E-state index contributed by atoms with van der Waals surface area (Å²) in [5, 5.41) is -0.501. The van der Waals surface area contributed by atoms with Crippen molar-refractivity contribution in [2.24, 2.45) is 0 Å². The highest BCUT2D eigenvalue weighted by Gasteiger charge is 2.36. The summed E-state index contributed by atoms with van der Waals surface area (Å²) in [6, 6.07) is 2.79. The summed E-state index contributed by atoms with van der Waals surface area (Å²) in [5.41, 5.74) is -2.89. The average molecular weight is 309 g/mol. The summed E-state index contributed by atoms with van der Waals surface area (Å²) in [6.07, 6.45) is -4.67. The minimum absolute atomic E-state index is 0.229. The number of halogens is 4. The van der Waals surface area contributed by atoms with E-state index >= 15 is 0 Å². The van der Waals surface area contributed by atoms with E-state index in [2.05, 4.69) is 0 Å². The Balaban J connectivity index is 3.22. The number of ketones is 1. The highest BCUT2D eigenvalue weighted by molar-refractivity contribution is 6.31. The normalized spacial score (nSPS) is 12.2. The van der Waals surface area contributed by atoms with Crippen LogP contribution in [0.3, 0.4) is 0 Å². The number of alkyl halides is 3. The number of ether oxygens (including phenoxy) is 1. The fourth-order valence-electron chi connectivity index (χ4n) is 1.64. The molecule has 0 saturated carbocycles. The lowest BCUT2D eigenvalue weighted by molar-refractivity contribution is -0.149. The molecule has 20 heavy (non-hydrogen) atoms. The second-order valence-electron chi connectivity index (χ2n) is 4.63. The van der Waals surface area contributed by atoms with Gasteiger partial charge in [-0.25, -0.2) is 0 Å². The number of carbonyl (C=O) groups excluding carboxylic acids is 2. The Morgan fingerprint density at radius 2 is 1.75 bits per heavy atom. The van der Waals surface area contributed by atoms with Gasteiger partial charge in [-0.15, -0.1) is 0 Å². The number of benzene rings is 1. The molecule has 1 rings (SSSR count). The molecule has 110 valence electrons. The van der Waals surface area contributed by atoms with E-state index in [0.29, 0.717) is 6.07 Å². The zero-order chi connectivity index (χ0) is 15.7. The van der Waals surface area contributed by atoms with Crippen LogP contribution in [-0.4, -0.2) is 17.4 Å². The standard InChI is InChI=1S/C13H12ClF3O3/c1-7(18)20-12(2,3)11(19)8-4-5-10(14)9(6-8)13(15,16)17/h4-6H,1-3H3. The topological polar surface area (TPSA) is 43.4 Å². The van der Waals surface area contributed by atoms with Gasteiger partial charge in [-0.2, -0.15) is 13.2 Å². The van der Waals surface area contributed by atoms with Crippen LogP contribution < -0.4 is 0 Å². The van der Waals surface area contributed by atoms with Crippen molar-refractivity contribution < 1.29 is 27.5 Å². The molecule has 0 aliphatic carbocycles. The minimum atomic E-state index is -4.67. The molecule has 3 nitrogen and oxygen atoms in total. The van der Waals surface area contributed by atoms with Crippen molar-refractivity contribution in [3.05, 3.63) is 34.3 Å². The molecule has 0 spiro atoms. The highest BCUT2D eigenvalue weighted by atomic mass is 35.5. The fourth-order valence-corrected chi connectivity index (χ4v) is 1.86. The molecular formula is C13H12ClF3O3. The van der Waals surface area contributed by atoms with Crippen LogP contribution in [-0.2, 0) is 15.7 Å². The third-order valence-corrected chi connectivity index (χ3v) is 2.81. The molecule has 7 heteroatoms. The Hall–Kier alpha value is -1.56. The van der Waals surface area contributed by atoms with Crippen LogP contribution in [0.5, 0.6) is 0 Å². The molecule has 0 amide bonds. The van der Waals surface area contributed by atoms with Gasteiger partial charge in [0.2, 0.25) is 5.78 Å². The molecule has 0 radical (unpaired) electrons. The van der Waals surface area contributed by atoms with Crippen molar-refractivity contribution in [2.45, 2.75) is 32.5 Å². The zero-order valence-electron chi connectivity index (χ0n) is 11.0. The smallest absolute Gasteiger partial charge is 0.417 e. The van der Waals surface area contributed by atoms with Gasteiger partial charge in [0.25, 0.3) is 0 Å². The fraction of sp³-hybridized carbons (Fsp3) is 0.385. The first-order valence-electron chi connectivity index (χ1n) is 5.56. The van der Waals surface area contributed by atoms with Gasteiger partial charge in [0, 0.05) is 12.5 Å². The predicted octanol–water partition coefficient (Wildman–Crippen LogP) is 3.88. The monoisotopic (exact) mass is 308 g/mol. The lowest BCUT2D eigenvalue weighted by Gasteiger charge is -2.23.